The van der Waals surface area contributed by atoms with Crippen molar-refractivity contribution in [2.24, 2.45) is 0 Å². The Morgan fingerprint density at radius 2 is 1.95 bits per heavy atom. The van der Waals surface area contributed by atoms with Crippen LogP contribution in [0.25, 0.3) is 0 Å². The average molecular weight is 283 g/mol. The molecule has 0 saturated heterocycles. The predicted molar refractivity (Wildman–Crippen MR) is 80.7 cm³/mol. The molecule has 0 spiro atoms. The molecule has 1 amide bonds. The molecule has 0 aromatic heterocycles. The summed E-state index contributed by atoms with van der Waals surface area (Å²) in [6.45, 7) is 0.522. The molecule has 4 nitrogen and oxygen atoms in total. The van der Waals surface area contributed by atoms with Gasteiger partial charge >= 0.3 is 0 Å². The van der Waals surface area contributed by atoms with E-state index in [2.05, 4.69) is 0 Å². The van der Waals surface area contributed by atoms with E-state index in [1.54, 1.807) is 4.90 Å². The second-order valence-corrected chi connectivity index (χ2v) is 4.94. The van der Waals surface area contributed by atoms with Crippen molar-refractivity contribution in [1.29, 1.82) is 0 Å². The van der Waals surface area contributed by atoms with Crippen LogP contribution in [0.3, 0.4) is 0 Å². The predicted octanol–water partition coefficient (Wildman–Crippen LogP) is 2.75. The normalized spacial score (nSPS) is 13.1. The number of para-hydroxylation sites is 1. The number of hydrogen-bond donors (Lipinski definition) is 1. The molecule has 21 heavy (non-hydrogen) atoms. The first-order valence-electron chi connectivity index (χ1n) is 7.05. The van der Waals surface area contributed by atoms with Gasteiger partial charge in [0, 0.05) is 12.1 Å². The fraction of sp³-hybridized carbons (Fsp3) is 0.235. The highest BCUT2D eigenvalue weighted by atomic mass is 16.5. The molecule has 0 atom stereocenters. The van der Waals surface area contributed by atoms with Crippen LogP contribution in [-0.4, -0.2) is 24.2 Å². The smallest absolute Gasteiger partial charge is 0.229 e. The van der Waals surface area contributed by atoms with Crippen LogP contribution in [0.2, 0.25) is 0 Å². The molecule has 0 fully saturated rings. The van der Waals surface area contributed by atoms with Gasteiger partial charge < -0.3 is 14.7 Å². The van der Waals surface area contributed by atoms with Crippen LogP contribution in [0.4, 0.5) is 5.69 Å². The molecule has 1 N–H and O–H groups in total. The van der Waals surface area contributed by atoms with Gasteiger partial charge in [0.1, 0.15) is 11.5 Å². The van der Waals surface area contributed by atoms with E-state index in [9.17, 15) is 4.79 Å². The third-order valence-electron chi connectivity index (χ3n) is 3.58. The Kier molecular flexibility index (Phi) is 3.88. The molecule has 4 heteroatoms. The number of anilines is 1. The zero-order valence-electron chi connectivity index (χ0n) is 11.7. The summed E-state index contributed by atoms with van der Waals surface area (Å²) in [6.07, 6.45) is 0.929. The monoisotopic (exact) mass is 283 g/mol. The number of carbonyl (C=O) groups is 1. The second-order valence-electron chi connectivity index (χ2n) is 4.94. The highest BCUT2D eigenvalue weighted by Crippen LogP contribution is 2.37. The number of nitrogens with zero attached hydrogens (tertiary/aromatic N) is 1. The first kappa shape index (κ1) is 13.6. The van der Waals surface area contributed by atoms with Crippen molar-refractivity contribution in [3.05, 3.63) is 54.1 Å². The molecule has 0 saturated carbocycles. The largest absolute Gasteiger partial charge is 0.457 e. The summed E-state index contributed by atoms with van der Waals surface area (Å²) in [4.78, 5) is 13.7. The number of fused-ring (bicyclic) bond motifs is 1. The van der Waals surface area contributed by atoms with Crippen molar-refractivity contribution in [3.8, 4) is 11.5 Å². The maximum Gasteiger partial charge on any atom is 0.229 e. The molecule has 2 aromatic rings. The molecule has 0 radical (unpaired) electrons. The quantitative estimate of drug-likeness (QED) is 0.938. The van der Waals surface area contributed by atoms with Crippen LogP contribution < -0.4 is 9.64 Å². The maximum atomic E-state index is 12.0. The number of rotatable bonds is 4. The van der Waals surface area contributed by atoms with E-state index in [0.29, 0.717) is 6.54 Å². The van der Waals surface area contributed by atoms with Crippen molar-refractivity contribution in [2.75, 3.05) is 18.1 Å². The van der Waals surface area contributed by atoms with Crippen molar-refractivity contribution in [1.82, 2.24) is 0 Å². The van der Waals surface area contributed by atoms with Gasteiger partial charge in [-0.1, -0.05) is 24.3 Å². The zero-order chi connectivity index (χ0) is 14.7. The molecule has 1 aliphatic heterocycles. The lowest BCUT2D eigenvalue weighted by atomic mass is 10.1. The first-order chi connectivity index (χ1) is 10.3. The minimum Gasteiger partial charge on any atom is -0.457 e. The van der Waals surface area contributed by atoms with E-state index < -0.39 is 0 Å². The highest BCUT2D eigenvalue weighted by Gasteiger charge is 2.26. The Bertz CT molecular complexity index is 640. The molecule has 108 valence electrons. The van der Waals surface area contributed by atoms with Gasteiger partial charge in [-0.3, -0.25) is 4.79 Å². The SMILES string of the molecule is O=C(CCO)N1CCc2c(Oc3ccccc3)cccc21. The summed E-state index contributed by atoms with van der Waals surface area (Å²) in [5, 5.41) is 8.92. The van der Waals surface area contributed by atoms with Gasteiger partial charge in [0.05, 0.1) is 18.7 Å². The molecule has 2 aromatic carbocycles. The molecular formula is C17H17NO3. The Labute approximate surface area is 123 Å². The van der Waals surface area contributed by atoms with Crippen LogP contribution in [-0.2, 0) is 11.2 Å². The summed E-state index contributed by atoms with van der Waals surface area (Å²) in [5.74, 6) is 1.53. The van der Waals surface area contributed by atoms with Crippen LogP contribution >= 0.6 is 0 Å². The molecule has 0 bridgehead atoms. The number of hydrogen-bond acceptors (Lipinski definition) is 3. The average Bonchev–Trinajstić information content (AvgIpc) is 2.94. The number of ether oxygens (including phenoxy) is 1. The van der Waals surface area contributed by atoms with Crippen LogP contribution in [0.1, 0.15) is 12.0 Å². The Balaban J connectivity index is 1.87. The van der Waals surface area contributed by atoms with Crippen LogP contribution in [0.5, 0.6) is 11.5 Å². The van der Waals surface area contributed by atoms with Gasteiger partial charge in [-0.15, -0.1) is 0 Å². The van der Waals surface area contributed by atoms with Gasteiger partial charge in [-0.25, -0.2) is 0 Å². The number of aliphatic hydroxyl groups is 1. The summed E-state index contributed by atoms with van der Waals surface area (Å²) in [5.41, 5.74) is 1.94. The Morgan fingerprint density at radius 3 is 2.71 bits per heavy atom. The number of benzene rings is 2. The van der Waals surface area contributed by atoms with Gasteiger partial charge in [0.25, 0.3) is 0 Å². The van der Waals surface area contributed by atoms with Gasteiger partial charge in [0.2, 0.25) is 5.91 Å². The Morgan fingerprint density at radius 1 is 1.14 bits per heavy atom. The third-order valence-corrected chi connectivity index (χ3v) is 3.58. The van der Waals surface area contributed by atoms with E-state index >= 15 is 0 Å². The lowest BCUT2D eigenvalue weighted by molar-refractivity contribution is -0.119. The fourth-order valence-electron chi connectivity index (χ4n) is 2.60. The summed E-state index contributed by atoms with van der Waals surface area (Å²) < 4.78 is 5.92. The summed E-state index contributed by atoms with van der Waals surface area (Å²) in [7, 11) is 0. The van der Waals surface area contributed by atoms with Crippen LogP contribution in [0, 0.1) is 0 Å². The van der Waals surface area contributed by atoms with E-state index in [4.69, 9.17) is 9.84 Å². The van der Waals surface area contributed by atoms with E-state index in [0.717, 1.165) is 29.2 Å². The minimum absolute atomic E-state index is 0.0480. The van der Waals surface area contributed by atoms with Gasteiger partial charge in [-0.2, -0.15) is 0 Å². The van der Waals surface area contributed by atoms with Gasteiger partial charge in [-0.05, 0) is 30.7 Å². The van der Waals surface area contributed by atoms with Crippen molar-refractivity contribution >= 4 is 11.6 Å². The maximum absolute atomic E-state index is 12.0. The lowest BCUT2D eigenvalue weighted by Crippen LogP contribution is -2.29. The summed E-state index contributed by atoms with van der Waals surface area (Å²) in [6, 6.07) is 15.3. The number of amides is 1. The molecule has 0 unspecified atom stereocenters. The van der Waals surface area contributed by atoms with E-state index in [1.165, 1.54) is 0 Å². The highest BCUT2D eigenvalue weighted by molar-refractivity contribution is 5.96. The molecule has 1 heterocycles. The molecule has 0 aliphatic carbocycles. The fourth-order valence-corrected chi connectivity index (χ4v) is 2.60. The standard InChI is InChI=1S/C17H17NO3/c19-12-10-17(20)18-11-9-14-15(18)7-4-8-16(14)21-13-5-2-1-3-6-13/h1-8,19H,9-12H2. The minimum atomic E-state index is -0.120. The van der Waals surface area contributed by atoms with E-state index in [-0.39, 0.29) is 18.9 Å². The van der Waals surface area contributed by atoms with Crippen molar-refractivity contribution in [2.45, 2.75) is 12.8 Å². The lowest BCUT2D eigenvalue weighted by Gasteiger charge is -2.17. The van der Waals surface area contributed by atoms with E-state index in [1.807, 2.05) is 48.5 Å². The van der Waals surface area contributed by atoms with Crippen LogP contribution in [0.15, 0.2) is 48.5 Å². The Hall–Kier alpha value is -2.33. The number of carbonyl (C=O) groups excluding carboxylic acids is 1. The second kappa shape index (κ2) is 5.97. The molecule has 3 rings (SSSR count). The topological polar surface area (TPSA) is 49.8 Å². The summed E-state index contributed by atoms with van der Waals surface area (Å²) >= 11 is 0. The van der Waals surface area contributed by atoms with Crippen molar-refractivity contribution in [3.63, 3.8) is 0 Å². The molecular weight excluding hydrogens is 266 g/mol. The third kappa shape index (κ3) is 2.76. The van der Waals surface area contributed by atoms with Gasteiger partial charge in [0.15, 0.2) is 0 Å². The van der Waals surface area contributed by atoms with Crippen molar-refractivity contribution < 1.29 is 14.6 Å². The number of aliphatic hydroxyl groups excluding tert-OH is 1. The first-order valence-corrected chi connectivity index (χ1v) is 7.05. The zero-order valence-corrected chi connectivity index (χ0v) is 11.7. The molecule has 1 aliphatic rings.